The Morgan fingerprint density at radius 1 is 1.09 bits per heavy atom. The van der Waals surface area contributed by atoms with Gasteiger partial charge in [0.05, 0.1) is 11.0 Å². The van der Waals surface area contributed by atoms with Crippen LogP contribution < -0.4 is 9.47 Å². The number of aliphatic hydroxyl groups excluding tert-OH is 1. The lowest BCUT2D eigenvalue weighted by molar-refractivity contribution is -0.384. The lowest BCUT2D eigenvalue weighted by atomic mass is 10.3. The van der Waals surface area contributed by atoms with Gasteiger partial charge in [-0.15, -0.1) is 0 Å². The van der Waals surface area contributed by atoms with Crippen molar-refractivity contribution in [2.45, 2.75) is 6.10 Å². The number of ether oxygens (including phenoxy) is 2. The molecule has 0 bridgehead atoms. The van der Waals surface area contributed by atoms with Crippen molar-refractivity contribution in [3.8, 4) is 11.5 Å². The standard InChI is InChI=1S/C15H14FNO5/c16-11-3-1-5-14(7-11)21-9-13(18)10-22-15-6-2-4-12(8-15)17(19)20/h1-8,13,18H,9-10H2. The average Bonchev–Trinajstić information content (AvgIpc) is 2.51. The first-order valence-corrected chi connectivity index (χ1v) is 6.48. The summed E-state index contributed by atoms with van der Waals surface area (Å²) in [5, 5.41) is 20.4. The Balaban J connectivity index is 1.81. The van der Waals surface area contributed by atoms with E-state index in [1.54, 1.807) is 12.1 Å². The first-order chi connectivity index (χ1) is 10.5. The van der Waals surface area contributed by atoms with Crippen molar-refractivity contribution in [1.82, 2.24) is 0 Å². The minimum Gasteiger partial charge on any atom is -0.491 e. The molecule has 0 saturated heterocycles. The first-order valence-electron chi connectivity index (χ1n) is 6.48. The van der Waals surface area contributed by atoms with Crippen molar-refractivity contribution in [2.75, 3.05) is 13.2 Å². The van der Waals surface area contributed by atoms with E-state index in [0.29, 0.717) is 5.75 Å². The van der Waals surface area contributed by atoms with Gasteiger partial charge >= 0.3 is 0 Å². The molecule has 0 aliphatic carbocycles. The summed E-state index contributed by atoms with van der Waals surface area (Å²) < 4.78 is 23.4. The van der Waals surface area contributed by atoms with Gasteiger partial charge in [0.15, 0.2) is 0 Å². The Bertz CT molecular complexity index is 649. The van der Waals surface area contributed by atoms with Gasteiger partial charge in [0.1, 0.15) is 36.6 Å². The number of nitro benzene ring substituents is 1. The van der Waals surface area contributed by atoms with Gasteiger partial charge in [-0.05, 0) is 18.2 Å². The highest BCUT2D eigenvalue weighted by atomic mass is 19.1. The van der Waals surface area contributed by atoms with Gasteiger partial charge in [-0.1, -0.05) is 12.1 Å². The third-order valence-electron chi connectivity index (χ3n) is 2.71. The van der Waals surface area contributed by atoms with Crippen molar-refractivity contribution >= 4 is 5.69 Å². The number of hydrogen-bond donors (Lipinski definition) is 1. The summed E-state index contributed by atoms with van der Waals surface area (Å²) in [5.41, 5.74) is -0.0944. The lowest BCUT2D eigenvalue weighted by Crippen LogP contribution is -2.25. The Hall–Kier alpha value is -2.67. The molecule has 2 aromatic rings. The molecule has 2 rings (SSSR count). The van der Waals surface area contributed by atoms with E-state index in [-0.39, 0.29) is 24.7 Å². The third kappa shape index (κ3) is 4.71. The molecule has 0 spiro atoms. The molecule has 22 heavy (non-hydrogen) atoms. The predicted molar refractivity (Wildman–Crippen MR) is 76.5 cm³/mol. The lowest BCUT2D eigenvalue weighted by Gasteiger charge is -2.13. The first kappa shape index (κ1) is 15.7. The highest BCUT2D eigenvalue weighted by molar-refractivity contribution is 5.37. The quantitative estimate of drug-likeness (QED) is 0.628. The average molecular weight is 307 g/mol. The third-order valence-corrected chi connectivity index (χ3v) is 2.71. The summed E-state index contributed by atoms with van der Waals surface area (Å²) in [6.07, 6.45) is -0.956. The number of rotatable bonds is 7. The van der Waals surface area contributed by atoms with E-state index in [1.165, 1.54) is 36.4 Å². The molecule has 0 aliphatic heterocycles. The molecule has 0 saturated carbocycles. The normalized spacial score (nSPS) is 11.7. The van der Waals surface area contributed by atoms with Crippen LogP contribution in [-0.4, -0.2) is 29.3 Å². The van der Waals surface area contributed by atoms with E-state index in [2.05, 4.69) is 0 Å². The van der Waals surface area contributed by atoms with E-state index in [0.717, 1.165) is 0 Å². The Kier molecular flexibility index (Phi) is 5.26. The zero-order chi connectivity index (χ0) is 15.9. The Morgan fingerprint density at radius 2 is 1.68 bits per heavy atom. The second kappa shape index (κ2) is 7.37. The van der Waals surface area contributed by atoms with Crippen molar-refractivity contribution in [2.24, 2.45) is 0 Å². The van der Waals surface area contributed by atoms with Crippen molar-refractivity contribution in [3.63, 3.8) is 0 Å². The fourth-order valence-electron chi connectivity index (χ4n) is 1.68. The summed E-state index contributed by atoms with van der Waals surface area (Å²) in [6.45, 7) is -0.186. The van der Waals surface area contributed by atoms with Crippen molar-refractivity contribution in [3.05, 3.63) is 64.5 Å². The topological polar surface area (TPSA) is 81.8 Å². The smallest absolute Gasteiger partial charge is 0.273 e. The summed E-state index contributed by atoms with van der Waals surface area (Å²) >= 11 is 0. The van der Waals surface area contributed by atoms with E-state index in [9.17, 15) is 19.6 Å². The fourth-order valence-corrected chi connectivity index (χ4v) is 1.68. The number of nitro groups is 1. The van der Waals surface area contributed by atoms with Crippen LogP contribution in [0.15, 0.2) is 48.5 Å². The molecule has 1 unspecified atom stereocenters. The number of nitrogens with zero attached hydrogens (tertiary/aromatic N) is 1. The fraction of sp³-hybridized carbons (Fsp3) is 0.200. The Labute approximate surface area is 125 Å². The largest absolute Gasteiger partial charge is 0.491 e. The van der Waals surface area contributed by atoms with Crippen molar-refractivity contribution < 1.29 is 23.9 Å². The van der Waals surface area contributed by atoms with Gasteiger partial charge in [0, 0.05) is 12.1 Å². The van der Waals surface area contributed by atoms with Gasteiger partial charge < -0.3 is 14.6 Å². The van der Waals surface area contributed by atoms with Crippen LogP contribution in [0.25, 0.3) is 0 Å². The van der Waals surface area contributed by atoms with Crippen LogP contribution in [0.5, 0.6) is 11.5 Å². The second-order valence-corrected chi connectivity index (χ2v) is 4.49. The molecular formula is C15H14FNO5. The van der Waals surface area contributed by atoms with E-state index in [1.807, 2.05) is 0 Å². The van der Waals surface area contributed by atoms with Crippen LogP contribution in [0.1, 0.15) is 0 Å². The molecule has 0 aromatic heterocycles. The van der Waals surface area contributed by atoms with Crippen molar-refractivity contribution in [1.29, 1.82) is 0 Å². The molecular weight excluding hydrogens is 293 g/mol. The maximum absolute atomic E-state index is 12.9. The second-order valence-electron chi connectivity index (χ2n) is 4.49. The van der Waals surface area contributed by atoms with Crippen LogP contribution in [0.3, 0.4) is 0 Å². The highest BCUT2D eigenvalue weighted by Crippen LogP contribution is 2.19. The molecule has 0 aliphatic rings. The van der Waals surface area contributed by atoms with Gasteiger partial charge in [0.2, 0.25) is 0 Å². The summed E-state index contributed by atoms with van der Waals surface area (Å²) in [4.78, 5) is 10.1. The number of hydrogen-bond acceptors (Lipinski definition) is 5. The zero-order valence-corrected chi connectivity index (χ0v) is 11.5. The van der Waals surface area contributed by atoms with Crippen LogP contribution in [0.2, 0.25) is 0 Å². The molecule has 0 heterocycles. The van der Waals surface area contributed by atoms with Crippen LogP contribution >= 0.6 is 0 Å². The maximum Gasteiger partial charge on any atom is 0.273 e. The van der Waals surface area contributed by atoms with Gasteiger partial charge in [-0.2, -0.15) is 0 Å². The minimum absolute atomic E-state index is 0.0849. The van der Waals surface area contributed by atoms with Gasteiger partial charge in [-0.3, -0.25) is 10.1 Å². The monoisotopic (exact) mass is 307 g/mol. The summed E-state index contributed by atoms with van der Waals surface area (Å²) in [6, 6.07) is 11.2. The summed E-state index contributed by atoms with van der Waals surface area (Å²) in [7, 11) is 0. The molecule has 116 valence electrons. The molecule has 1 N–H and O–H groups in total. The number of benzene rings is 2. The van der Waals surface area contributed by atoms with E-state index in [4.69, 9.17) is 9.47 Å². The summed E-state index contributed by atoms with van der Waals surface area (Å²) in [5.74, 6) is 0.147. The predicted octanol–water partition coefficient (Wildman–Crippen LogP) is 2.55. The molecule has 2 aromatic carbocycles. The molecule has 0 amide bonds. The number of aliphatic hydroxyl groups is 1. The zero-order valence-electron chi connectivity index (χ0n) is 11.5. The maximum atomic E-state index is 12.9. The van der Waals surface area contributed by atoms with Gasteiger partial charge in [-0.25, -0.2) is 4.39 Å². The minimum atomic E-state index is -0.956. The van der Waals surface area contributed by atoms with E-state index < -0.39 is 16.8 Å². The van der Waals surface area contributed by atoms with E-state index >= 15 is 0 Å². The molecule has 0 radical (unpaired) electrons. The Morgan fingerprint density at radius 3 is 2.27 bits per heavy atom. The molecule has 7 heteroatoms. The van der Waals surface area contributed by atoms with Crippen LogP contribution in [0.4, 0.5) is 10.1 Å². The molecule has 6 nitrogen and oxygen atoms in total. The number of non-ortho nitro benzene ring substituents is 1. The van der Waals surface area contributed by atoms with Crippen LogP contribution in [-0.2, 0) is 0 Å². The highest BCUT2D eigenvalue weighted by Gasteiger charge is 2.10. The van der Waals surface area contributed by atoms with Gasteiger partial charge in [0.25, 0.3) is 5.69 Å². The van der Waals surface area contributed by atoms with Crippen LogP contribution in [0, 0.1) is 15.9 Å². The SMILES string of the molecule is O=[N+]([O-])c1cccc(OCC(O)COc2cccc(F)c2)c1. The molecule has 0 fully saturated rings. The molecule has 1 atom stereocenters. The number of halogens is 1.